The van der Waals surface area contributed by atoms with Crippen molar-refractivity contribution in [3.8, 4) is 0 Å². The van der Waals surface area contributed by atoms with Crippen molar-refractivity contribution in [2.45, 2.75) is 37.0 Å². The van der Waals surface area contributed by atoms with Gasteiger partial charge in [0.2, 0.25) is 0 Å². The summed E-state index contributed by atoms with van der Waals surface area (Å²) in [5.41, 5.74) is 1.79. The van der Waals surface area contributed by atoms with Gasteiger partial charge in [-0.3, -0.25) is 9.59 Å². The predicted molar refractivity (Wildman–Crippen MR) is 97.1 cm³/mol. The van der Waals surface area contributed by atoms with E-state index in [9.17, 15) is 9.59 Å². The van der Waals surface area contributed by atoms with Crippen LogP contribution in [0.25, 0.3) is 0 Å². The van der Waals surface area contributed by atoms with Gasteiger partial charge in [0.1, 0.15) is 5.25 Å². The first-order valence-electron chi connectivity index (χ1n) is 7.75. The monoisotopic (exact) mass is 343 g/mol. The van der Waals surface area contributed by atoms with Gasteiger partial charge in [-0.15, -0.1) is 11.8 Å². The molecule has 0 aliphatic heterocycles. The van der Waals surface area contributed by atoms with Crippen molar-refractivity contribution in [1.29, 1.82) is 0 Å². The van der Waals surface area contributed by atoms with Crippen LogP contribution in [0.5, 0.6) is 0 Å². The molecule has 0 unspecified atom stereocenters. The van der Waals surface area contributed by atoms with Gasteiger partial charge < -0.3 is 10.1 Å². The Kier molecular flexibility index (Phi) is 6.44. The normalized spacial score (nSPS) is 13.0. The maximum atomic E-state index is 12.1. The average Bonchev–Trinajstić information content (AvgIpc) is 2.57. The molecular formula is C19H21NO3S. The second kappa shape index (κ2) is 8.55. The number of aryl methyl sites for hydroxylation is 1. The van der Waals surface area contributed by atoms with Crippen molar-refractivity contribution in [2.24, 2.45) is 0 Å². The number of thioether (sulfide) groups is 1. The number of hydrogen-bond acceptors (Lipinski definition) is 4. The third kappa shape index (κ3) is 5.42. The summed E-state index contributed by atoms with van der Waals surface area (Å²) in [5.74, 6) is -0.750. The topological polar surface area (TPSA) is 55.4 Å². The lowest BCUT2D eigenvalue weighted by molar-refractivity contribution is -0.152. The fraction of sp³-hybridized carbons (Fsp3) is 0.263. The van der Waals surface area contributed by atoms with E-state index in [1.54, 1.807) is 13.8 Å². The minimum Gasteiger partial charge on any atom is -0.452 e. The minimum atomic E-state index is -0.849. The molecule has 2 rings (SSSR count). The summed E-state index contributed by atoms with van der Waals surface area (Å²) in [6.45, 7) is 5.31. The van der Waals surface area contributed by atoms with Crippen molar-refractivity contribution < 1.29 is 14.3 Å². The van der Waals surface area contributed by atoms with Gasteiger partial charge in [-0.05, 0) is 45.0 Å². The van der Waals surface area contributed by atoms with Crippen LogP contribution in [0.1, 0.15) is 19.4 Å². The highest BCUT2D eigenvalue weighted by Crippen LogP contribution is 2.23. The zero-order chi connectivity index (χ0) is 17.5. The summed E-state index contributed by atoms with van der Waals surface area (Å²) in [5, 5.41) is 2.35. The second-order valence-corrected chi connectivity index (χ2v) is 6.92. The quantitative estimate of drug-likeness (QED) is 0.635. The number of amides is 1. The highest BCUT2D eigenvalue weighted by Gasteiger charge is 2.22. The molecule has 2 aromatic carbocycles. The van der Waals surface area contributed by atoms with Crippen LogP contribution in [0, 0.1) is 6.92 Å². The zero-order valence-corrected chi connectivity index (χ0v) is 14.8. The first kappa shape index (κ1) is 18.1. The molecule has 0 aliphatic rings. The van der Waals surface area contributed by atoms with Crippen molar-refractivity contribution in [3.63, 3.8) is 0 Å². The highest BCUT2D eigenvalue weighted by molar-refractivity contribution is 8.00. The van der Waals surface area contributed by atoms with E-state index in [1.165, 1.54) is 11.8 Å². The Balaban J connectivity index is 1.85. The molecule has 2 aromatic rings. The lowest BCUT2D eigenvalue weighted by atomic mass is 10.2. The first-order valence-corrected chi connectivity index (χ1v) is 8.63. The molecule has 24 heavy (non-hydrogen) atoms. The van der Waals surface area contributed by atoms with Crippen molar-refractivity contribution in [2.75, 3.05) is 5.32 Å². The molecule has 0 aliphatic carbocycles. The molecule has 0 spiro atoms. The number of rotatable bonds is 6. The van der Waals surface area contributed by atoms with Crippen LogP contribution >= 0.6 is 11.8 Å². The molecule has 2 atom stereocenters. The highest BCUT2D eigenvalue weighted by atomic mass is 32.2. The third-order valence-corrected chi connectivity index (χ3v) is 4.46. The minimum absolute atomic E-state index is 0.343. The molecule has 1 N–H and O–H groups in total. The van der Waals surface area contributed by atoms with E-state index >= 15 is 0 Å². The second-order valence-electron chi connectivity index (χ2n) is 5.51. The Morgan fingerprint density at radius 1 is 1.00 bits per heavy atom. The average molecular weight is 343 g/mol. The Morgan fingerprint density at radius 2 is 1.62 bits per heavy atom. The van der Waals surface area contributed by atoms with Gasteiger partial charge in [0.25, 0.3) is 5.91 Å². The van der Waals surface area contributed by atoms with E-state index in [0.717, 1.165) is 10.5 Å². The van der Waals surface area contributed by atoms with E-state index in [-0.39, 0.29) is 11.2 Å². The molecular weight excluding hydrogens is 322 g/mol. The summed E-state index contributed by atoms with van der Waals surface area (Å²) < 4.78 is 5.27. The number of esters is 1. The molecule has 0 fully saturated rings. The summed E-state index contributed by atoms with van der Waals surface area (Å²) >= 11 is 1.40. The molecule has 0 saturated carbocycles. The number of carbonyl (C=O) groups is 2. The Bertz CT molecular complexity index is 686. The van der Waals surface area contributed by atoms with Crippen molar-refractivity contribution in [1.82, 2.24) is 0 Å². The SMILES string of the molecule is Cc1ccc(NC(=O)[C@@H](C)OC(=O)[C@H](C)Sc2ccccc2)cc1. The third-order valence-electron chi connectivity index (χ3n) is 3.37. The molecule has 5 heteroatoms. The number of anilines is 1. The molecule has 1 amide bonds. The van der Waals surface area contributed by atoms with E-state index in [4.69, 9.17) is 4.74 Å². The molecule has 0 saturated heterocycles. The number of carbonyl (C=O) groups excluding carboxylic acids is 2. The number of hydrogen-bond donors (Lipinski definition) is 1. The summed E-state index contributed by atoms with van der Waals surface area (Å²) in [7, 11) is 0. The Hall–Kier alpha value is -2.27. The summed E-state index contributed by atoms with van der Waals surface area (Å²) in [6, 6.07) is 17.1. The first-order chi connectivity index (χ1) is 11.5. The van der Waals surface area contributed by atoms with Gasteiger partial charge in [0.05, 0.1) is 0 Å². The fourth-order valence-corrected chi connectivity index (χ4v) is 2.83. The smallest absolute Gasteiger partial charge is 0.319 e. The molecule has 126 valence electrons. The fourth-order valence-electron chi connectivity index (χ4n) is 1.96. The molecule has 0 bridgehead atoms. The van der Waals surface area contributed by atoms with Crippen LogP contribution in [0.3, 0.4) is 0 Å². The predicted octanol–water partition coefficient (Wildman–Crippen LogP) is 4.05. The van der Waals surface area contributed by atoms with Crippen molar-refractivity contribution in [3.05, 3.63) is 60.2 Å². The Labute approximate surface area is 146 Å². The molecule has 4 nitrogen and oxygen atoms in total. The van der Waals surface area contributed by atoms with Gasteiger partial charge in [-0.1, -0.05) is 35.9 Å². The largest absolute Gasteiger partial charge is 0.452 e. The van der Waals surface area contributed by atoms with E-state index in [0.29, 0.717) is 5.69 Å². The van der Waals surface area contributed by atoms with Crippen LogP contribution in [-0.2, 0) is 14.3 Å². The van der Waals surface area contributed by atoms with Gasteiger partial charge >= 0.3 is 5.97 Å². The van der Waals surface area contributed by atoms with Crippen LogP contribution in [-0.4, -0.2) is 23.2 Å². The van der Waals surface area contributed by atoms with E-state index < -0.39 is 12.1 Å². The van der Waals surface area contributed by atoms with Gasteiger partial charge in [0.15, 0.2) is 6.10 Å². The van der Waals surface area contributed by atoms with Gasteiger partial charge in [0, 0.05) is 10.6 Å². The van der Waals surface area contributed by atoms with Crippen LogP contribution in [0.15, 0.2) is 59.5 Å². The van der Waals surface area contributed by atoms with E-state index in [1.807, 2.05) is 61.5 Å². The maximum absolute atomic E-state index is 12.1. The lowest BCUT2D eigenvalue weighted by Gasteiger charge is -2.16. The van der Waals surface area contributed by atoms with Gasteiger partial charge in [-0.2, -0.15) is 0 Å². The van der Waals surface area contributed by atoms with Crippen LogP contribution in [0.2, 0.25) is 0 Å². The molecule has 0 radical (unpaired) electrons. The lowest BCUT2D eigenvalue weighted by Crippen LogP contribution is -2.32. The van der Waals surface area contributed by atoms with E-state index in [2.05, 4.69) is 5.32 Å². The molecule has 0 heterocycles. The summed E-state index contributed by atoms with van der Waals surface area (Å²) in [6.07, 6.45) is -0.849. The van der Waals surface area contributed by atoms with Gasteiger partial charge in [-0.25, -0.2) is 0 Å². The Morgan fingerprint density at radius 3 is 2.25 bits per heavy atom. The van der Waals surface area contributed by atoms with Crippen LogP contribution in [0.4, 0.5) is 5.69 Å². The standard InChI is InChI=1S/C19H21NO3S/c1-13-9-11-16(12-10-13)20-18(21)14(2)23-19(22)15(3)24-17-7-5-4-6-8-17/h4-12,14-15H,1-3H3,(H,20,21)/t14-,15+/m1/s1. The summed E-state index contributed by atoms with van der Waals surface area (Å²) in [4.78, 5) is 25.2. The number of ether oxygens (including phenoxy) is 1. The van der Waals surface area contributed by atoms with Crippen LogP contribution < -0.4 is 5.32 Å². The number of benzene rings is 2. The molecule has 0 aromatic heterocycles. The zero-order valence-electron chi connectivity index (χ0n) is 14.0. The maximum Gasteiger partial charge on any atom is 0.319 e. The van der Waals surface area contributed by atoms with Crippen molar-refractivity contribution >= 4 is 29.3 Å². The number of nitrogens with one attached hydrogen (secondary N) is 1.